The van der Waals surface area contributed by atoms with Crippen LogP contribution in [0.3, 0.4) is 0 Å². The van der Waals surface area contributed by atoms with Gasteiger partial charge in [0.2, 0.25) is 0 Å². The van der Waals surface area contributed by atoms with Crippen LogP contribution in [0.2, 0.25) is 0 Å². The lowest BCUT2D eigenvalue weighted by Crippen LogP contribution is -2.42. The Labute approximate surface area is 180 Å². The molecule has 1 saturated carbocycles. The van der Waals surface area contributed by atoms with Crippen molar-refractivity contribution in [3.05, 3.63) is 11.6 Å². The minimum absolute atomic E-state index is 0.368. The molecule has 2 fully saturated rings. The Morgan fingerprint density at radius 1 is 1.23 bits per heavy atom. The maximum absolute atomic E-state index is 5.57. The molecule has 0 amide bonds. The average Bonchev–Trinajstić information content (AvgIpc) is 3.47. The number of ether oxygens (including phenoxy) is 2. The van der Waals surface area contributed by atoms with Crippen LogP contribution in [0.25, 0.3) is 0 Å². The highest BCUT2D eigenvalue weighted by atomic mass is 16.5. The quantitative estimate of drug-likeness (QED) is 0.297. The molecule has 1 aliphatic carbocycles. The van der Waals surface area contributed by atoms with E-state index in [2.05, 4.69) is 32.7 Å². The Kier molecular flexibility index (Phi) is 8.89. The van der Waals surface area contributed by atoms with E-state index < -0.39 is 0 Å². The van der Waals surface area contributed by atoms with E-state index in [4.69, 9.17) is 14.5 Å². The van der Waals surface area contributed by atoms with Gasteiger partial charge < -0.3 is 24.7 Å². The SMILES string of the molecule is CCOCCC1(CNC(=NCc2nnc(C)n2C)NCCCN2CCOCC2)CC1. The molecule has 1 aliphatic heterocycles. The zero-order valence-electron chi connectivity index (χ0n) is 19.0. The number of hydrogen-bond donors (Lipinski definition) is 2. The van der Waals surface area contributed by atoms with Crippen LogP contribution in [-0.2, 0) is 23.1 Å². The van der Waals surface area contributed by atoms with Gasteiger partial charge in [-0.25, -0.2) is 4.99 Å². The van der Waals surface area contributed by atoms with Crippen LogP contribution in [-0.4, -0.2) is 84.8 Å². The molecular formula is C21H39N7O2. The van der Waals surface area contributed by atoms with E-state index in [1.165, 1.54) is 12.8 Å². The first-order valence-corrected chi connectivity index (χ1v) is 11.4. The third-order valence-corrected chi connectivity index (χ3v) is 6.18. The minimum atomic E-state index is 0.368. The number of nitrogens with one attached hydrogen (secondary N) is 2. The number of morpholine rings is 1. The van der Waals surface area contributed by atoms with Gasteiger partial charge in [0.15, 0.2) is 11.8 Å². The zero-order chi connectivity index (χ0) is 21.2. The minimum Gasteiger partial charge on any atom is -0.382 e. The smallest absolute Gasteiger partial charge is 0.191 e. The lowest BCUT2D eigenvalue weighted by molar-refractivity contribution is 0.0376. The molecule has 9 nitrogen and oxygen atoms in total. The van der Waals surface area contributed by atoms with E-state index in [9.17, 15) is 0 Å². The van der Waals surface area contributed by atoms with Gasteiger partial charge in [-0.2, -0.15) is 0 Å². The maximum Gasteiger partial charge on any atom is 0.191 e. The first-order chi connectivity index (χ1) is 14.6. The fraction of sp³-hybridized carbons (Fsp3) is 0.857. The van der Waals surface area contributed by atoms with Crippen molar-refractivity contribution in [3.8, 4) is 0 Å². The molecule has 2 heterocycles. The molecule has 0 aromatic carbocycles. The van der Waals surface area contributed by atoms with Gasteiger partial charge in [-0.1, -0.05) is 0 Å². The first-order valence-electron chi connectivity index (χ1n) is 11.4. The zero-order valence-corrected chi connectivity index (χ0v) is 19.0. The highest BCUT2D eigenvalue weighted by Gasteiger charge is 2.41. The van der Waals surface area contributed by atoms with Gasteiger partial charge in [-0.15, -0.1) is 10.2 Å². The summed E-state index contributed by atoms with van der Waals surface area (Å²) in [6.07, 6.45) is 4.72. The number of aliphatic imine (C=N–C) groups is 1. The van der Waals surface area contributed by atoms with Crippen molar-refractivity contribution < 1.29 is 9.47 Å². The van der Waals surface area contributed by atoms with Crippen LogP contribution in [0, 0.1) is 12.3 Å². The summed E-state index contributed by atoms with van der Waals surface area (Å²) in [7, 11) is 1.98. The second-order valence-corrected chi connectivity index (χ2v) is 8.42. The molecule has 170 valence electrons. The number of aromatic nitrogens is 3. The molecule has 1 aromatic heterocycles. The molecule has 1 aromatic rings. The second-order valence-electron chi connectivity index (χ2n) is 8.42. The molecular weight excluding hydrogens is 382 g/mol. The van der Waals surface area contributed by atoms with Crippen molar-refractivity contribution >= 4 is 5.96 Å². The number of aryl methyl sites for hydroxylation is 1. The molecule has 0 bridgehead atoms. The molecule has 3 rings (SSSR count). The summed E-state index contributed by atoms with van der Waals surface area (Å²) < 4.78 is 13.0. The van der Waals surface area contributed by atoms with Gasteiger partial charge in [0, 0.05) is 46.4 Å². The Balaban J connectivity index is 1.48. The topological polar surface area (TPSA) is 88.8 Å². The van der Waals surface area contributed by atoms with Crippen LogP contribution in [0.1, 0.15) is 44.3 Å². The Hall–Kier alpha value is -1.71. The van der Waals surface area contributed by atoms with E-state index in [-0.39, 0.29) is 0 Å². The Morgan fingerprint density at radius 2 is 2.03 bits per heavy atom. The van der Waals surface area contributed by atoms with Crippen LogP contribution in [0.5, 0.6) is 0 Å². The van der Waals surface area contributed by atoms with Crippen molar-refractivity contribution in [2.45, 2.75) is 46.1 Å². The fourth-order valence-electron chi connectivity index (χ4n) is 3.64. The summed E-state index contributed by atoms with van der Waals surface area (Å²) >= 11 is 0. The molecule has 0 radical (unpaired) electrons. The molecule has 0 atom stereocenters. The molecule has 9 heteroatoms. The molecule has 30 heavy (non-hydrogen) atoms. The predicted molar refractivity (Wildman–Crippen MR) is 118 cm³/mol. The standard InChI is InChI=1S/C21H39N7O2/c1-4-29-13-8-21(6-7-21)17-24-20(23-16-19-26-25-18(2)27(19)3)22-9-5-10-28-11-14-30-15-12-28/h4-17H2,1-3H3,(H2,22,23,24). The highest BCUT2D eigenvalue weighted by Crippen LogP contribution is 2.48. The summed E-state index contributed by atoms with van der Waals surface area (Å²) in [6, 6.07) is 0. The largest absolute Gasteiger partial charge is 0.382 e. The monoisotopic (exact) mass is 421 g/mol. The van der Waals surface area contributed by atoms with Gasteiger partial charge in [0.1, 0.15) is 12.4 Å². The molecule has 2 N–H and O–H groups in total. The van der Waals surface area contributed by atoms with Crippen molar-refractivity contribution in [2.24, 2.45) is 17.5 Å². The van der Waals surface area contributed by atoms with E-state index >= 15 is 0 Å². The summed E-state index contributed by atoms with van der Waals surface area (Å²) in [5, 5.41) is 15.5. The molecule has 1 saturated heterocycles. The fourth-order valence-corrected chi connectivity index (χ4v) is 3.64. The van der Waals surface area contributed by atoms with Gasteiger partial charge in [0.05, 0.1) is 13.2 Å². The van der Waals surface area contributed by atoms with Gasteiger partial charge in [0.25, 0.3) is 0 Å². The van der Waals surface area contributed by atoms with Crippen molar-refractivity contribution in [1.82, 2.24) is 30.3 Å². The summed E-state index contributed by atoms with van der Waals surface area (Å²) in [4.78, 5) is 7.25. The lowest BCUT2D eigenvalue weighted by Gasteiger charge is -2.26. The van der Waals surface area contributed by atoms with Gasteiger partial charge >= 0.3 is 0 Å². The predicted octanol–water partition coefficient (Wildman–Crippen LogP) is 1.09. The first kappa shape index (κ1) is 23.0. The summed E-state index contributed by atoms with van der Waals surface area (Å²) in [5.41, 5.74) is 0.368. The Bertz CT molecular complexity index is 666. The summed E-state index contributed by atoms with van der Waals surface area (Å²) in [6.45, 7) is 12.8. The number of nitrogens with zero attached hydrogens (tertiary/aromatic N) is 5. The second kappa shape index (κ2) is 11.6. The van der Waals surface area contributed by atoms with Crippen molar-refractivity contribution in [1.29, 1.82) is 0 Å². The van der Waals surface area contributed by atoms with E-state index in [0.29, 0.717) is 12.0 Å². The normalized spacial score (nSPS) is 19.1. The van der Waals surface area contributed by atoms with E-state index in [1.54, 1.807) is 0 Å². The average molecular weight is 422 g/mol. The third-order valence-electron chi connectivity index (χ3n) is 6.18. The maximum atomic E-state index is 5.57. The van der Waals surface area contributed by atoms with E-state index in [0.717, 1.165) is 89.6 Å². The molecule has 0 unspecified atom stereocenters. The van der Waals surface area contributed by atoms with Gasteiger partial charge in [-0.05, 0) is 51.5 Å². The number of guanidine groups is 1. The van der Waals surface area contributed by atoms with Crippen molar-refractivity contribution in [3.63, 3.8) is 0 Å². The van der Waals surface area contributed by atoms with E-state index in [1.807, 2.05) is 18.5 Å². The summed E-state index contributed by atoms with van der Waals surface area (Å²) in [5.74, 6) is 2.64. The molecule has 0 spiro atoms. The van der Waals surface area contributed by atoms with Gasteiger partial charge in [-0.3, -0.25) is 4.90 Å². The number of hydrogen-bond acceptors (Lipinski definition) is 6. The van der Waals surface area contributed by atoms with Crippen LogP contribution < -0.4 is 10.6 Å². The van der Waals surface area contributed by atoms with Crippen LogP contribution >= 0.6 is 0 Å². The molecule has 2 aliphatic rings. The third kappa shape index (κ3) is 7.21. The van der Waals surface area contributed by atoms with Crippen molar-refractivity contribution in [2.75, 3.05) is 59.2 Å². The van der Waals surface area contributed by atoms with Crippen LogP contribution in [0.15, 0.2) is 4.99 Å². The number of rotatable bonds is 12. The lowest BCUT2D eigenvalue weighted by atomic mass is 10.0. The Morgan fingerprint density at radius 3 is 2.70 bits per heavy atom. The van der Waals surface area contributed by atoms with Crippen LogP contribution in [0.4, 0.5) is 0 Å². The highest BCUT2D eigenvalue weighted by molar-refractivity contribution is 5.79.